The number of nitrogens with zero attached hydrogens (tertiary/aromatic N) is 2. The maximum absolute atomic E-state index is 12.5. The van der Waals surface area contributed by atoms with Gasteiger partial charge in [0.1, 0.15) is 11.3 Å². The summed E-state index contributed by atoms with van der Waals surface area (Å²) in [5.74, 6) is -0.0837. The molecule has 0 unspecified atom stereocenters. The van der Waals surface area contributed by atoms with Crippen molar-refractivity contribution in [3.05, 3.63) is 29.6 Å². The summed E-state index contributed by atoms with van der Waals surface area (Å²) in [7, 11) is 1.60. The van der Waals surface area contributed by atoms with E-state index >= 15 is 0 Å². The molecule has 0 radical (unpaired) electrons. The molecular formula is C15H19ClN4O2S. The lowest BCUT2D eigenvalue weighted by Gasteiger charge is -2.34. The molecule has 2 N–H and O–H groups in total. The second kappa shape index (κ2) is 7.83. The van der Waals surface area contributed by atoms with Crippen LogP contribution in [0.4, 0.5) is 5.69 Å². The average Bonchev–Trinajstić information content (AvgIpc) is 3.10. The number of methoxy groups -OCH3 is 1. The Morgan fingerprint density at radius 1 is 1.30 bits per heavy atom. The van der Waals surface area contributed by atoms with E-state index in [1.807, 2.05) is 29.6 Å². The number of hydrogen-bond donors (Lipinski definition) is 2. The molecule has 1 saturated heterocycles. The van der Waals surface area contributed by atoms with Gasteiger partial charge in [-0.15, -0.1) is 17.5 Å². The van der Waals surface area contributed by atoms with E-state index < -0.39 is 5.60 Å². The number of benzene rings is 1. The van der Waals surface area contributed by atoms with Crippen LogP contribution in [0.1, 0.15) is 12.8 Å². The van der Waals surface area contributed by atoms with Crippen molar-refractivity contribution in [3.8, 4) is 11.3 Å². The first-order chi connectivity index (χ1) is 10.7. The standard InChI is InChI=1S/C15H18N4O2S.ClH/c1-21-15(6-8-16-9-7-15)14(20)17-12-4-2-11(3-5-12)13-10-22-19-18-13;/h2-5,10,16H,6-9H2,1H3,(H,17,20);1H. The summed E-state index contributed by atoms with van der Waals surface area (Å²) in [5, 5.41) is 12.1. The maximum Gasteiger partial charge on any atom is 0.256 e. The Kier molecular flexibility index (Phi) is 6.06. The molecule has 3 rings (SSSR count). The van der Waals surface area contributed by atoms with Crippen LogP contribution in [0.15, 0.2) is 29.6 Å². The van der Waals surface area contributed by atoms with Crippen LogP contribution in [-0.4, -0.2) is 41.3 Å². The van der Waals surface area contributed by atoms with E-state index in [9.17, 15) is 4.79 Å². The Bertz CT molecular complexity index is 627. The number of amides is 1. The van der Waals surface area contributed by atoms with Crippen molar-refractivity contribution in [2.75, 3.05) is 25.5 Å². The summed E-state index contributed by atoms with van der Waals surface area (Å²) in [5.41, 5.74) is 1.85. The first kappa shape index (κ1) is 17.8. The first-order valence-electron chi connectivity index (χ1n) is 7.18. The number of piperidine rings is 1. The van der Waals surface area contributed by atoms with Gasteiger partial charge in [-0.2, -0.15) is 0 Å². The lowest BCUT2D eigenvalue weighted by molar-refractivity contribution is -0.140. The normalized spacial score (nSPS) is 16.4. The molecule has 23 heavy (non-hydrogen) atoms. The second-order valence-electron chi connectivity index (χ2n) is 5.27. The van der Waals surface area contributed by atoms with Gasteiger partial charge in [0.25, 0.3) is 5.91 Å². The Morgan fingerprint density at radius 2 is 2.00 bits per heavy atom. The molecule has 1 aromatic carbocycles. The van der Waals surface area contributed by atoms with Crippen LogP contribution < -0.4 is 10.6 Å². The lowest BCUT2D eigenvalue weighted by atomic mass is 9.91. The van der Waals surface area contributed by atoms with Crippen molar-refractivity contribution in [2.45, 2.75) is 18.4 Å². The SMILES string of the molecule is COC1(C(=O)Nc2ccc(-c3csnn3)cc2)CCNCC1.Cl. The molecule has 2 aromatic rings. The first-order valence-corrected chi connectivity index (χ1v) is 8.02. The Morgan fingerprint density at radius 3 is 2.57 bits per heavy atom. The van der Waals surface area contributed by atoms with Crippen LogP contribution in [0.3, 0.4) is 0 Å². The molecule has 0 spiro atoms. The Balaban J connectivity index is 0.00000192. The van der Waals surface area contributed by atoms with Gasteiger partial charge in [0.15, 0.2) is 0 Å². The molecule has 2 heterocycles. The Labute approximate surface area is 145 Å². The number of carbonyl (C=O) groups excluding carboxylic acids is 1. The molecule has 1 aliphatic heterocycles. The number of ether oxygens (including phenoxy) is 1. The molecule has 1 amide bonds. The minimum Gasteiger partial charge on any atom is -0.368 e. The highest BCUT2D eigenvalue weighted by Crippen LogP contribution is 2.25. The number of rotatable bonds is 4. The summed E-state index contributed by atoms with van der Waals surface area (Å²) < 4.78 is 9.38. The molecule has 8 heteroatoms. The third-order valence-electron chi connectivity index (χ3n) is 4.01. The van der Waals surface area contributed by atoms with Gasteiger partial charge >= 0.3 is 0 Å². The van der Waals surface area contributed by atoms with E-state index in [2.05, 4.69) is 20.2 Å². The van der Waals surface area contributed by atoms with E-state index in [-0.39, 0.29) is 18.3 Å². The highest BCUT2D eigenvalue weighted by molar-refractivity contribution is 7.03. The van der Waals surface area contributed by atoms with Crippen LogP contribution >= 0.6 is 23.9 Å². The van der Waals surface area contributed by atoms with Crippen molar-refractivity contribution in [1.29, 1.82) is 0 Å². The maximum atomic E-state index is 12.5. The van der Waals surface area contributed by atoms with Gasteiger partial charge in [0.2, 0.25) is 0 Å². The van der Waals surface area contributed by atoms with Crippen LogP contribution in [0.5, 0.6) is 0 Å². The zero-order chi connectivity index (χ0) is 15.4. The molecule has 0 atom stereocenters. The number of anilines is 1. The van der Waals surface area contributed by atoms with Crippen molar-refractivity contribution in [1.82, 2.24) is 14.9 Å². The van der Waals surface area contributed by atoms with Crippen LogP contribution in [0.25, 0.3) is 11.3 Å². The minimum absolute atomic E-state index is 0. The molecule has 1 fully saturated rings. The third-order valence-corrected chi connectivity index (χ3v) is 4.52. The van der Waals surface area contributed by atoms with E-state index in [4.69, 9.17) is 4.74 Å². The summed E-state index contributed by atoms with van der Waals surface area (Å²) >= 11 is 1.32. The summed E-state index contributed by atoms with van der Waals surface area (Å²) in [6.45, 7) is 1.58. The fraction of sp³-hybridized carbons (Fsp3) is 0.400. The largest absolute Gasteiger partial charge is 0.368 e. The smallest absolute Gasteiger partial charge is 0.256 e. The van der Waals surface area contributed by atoms with Gasteiger partial charge in [-0.25, -0.2) is 0 Å². The van der Waals surface area contributed by atoms with Crippen molar-refractivity contribution < 1.29 is 9.53 Å². The number of nitrogens with one attached hydrogen (secondary N) is 2. The van der Waals surface area contributed by atoms with Crippen LogP contribution in [-0.2, 0) is 9.53 Å². The van der Waals surface area contributed by atoms with Gasteiger partial charge in [0, 0.05) is 23.7 Å². The predicted molar refractivity (Wildman–Crippen MR) is 93.1 cm³/mol. The van der Waals surface area contributed by atoms with Crippen molar-refractivity contribution in [3.63, 3.8) is 0 Å². The highest BCUT2D eigenvalue weighted by Gasteiger charge is 2.39. The number of halogens is 1. The van der Waals surface area contributed by atoms with Gasteiger partial charge in [-0.1, -0.05) is 16.6 Å². The highest BCUT2D eigenvalue weighted by atomic mass is 35.5. The fourth-order valence-electron chi connectivity index (χ4n) is 2.61. The van der Waals surface area contributed by atoms with E-state index in [1.54, 1.807) is 7.11 Å². The molecular weight excluding hydrogens is 336 g/mol. The second-order valence-corrected chi connectivity index (χ2v) is 5.88. The molecule has 0 aliphatic carbocycles. The summed E-state index contributed by atoms with van der Waals surface area (Å²) in [4.78, 5) is 12.5. The summed E-state index contributed by atoms with van der Waals surface area (Å²) in [6.07, 6.45) is 1.36. The van der Waals surface area contributed by atoms with Crippen LogP contribution in [0, 0.1) is 0 Å². The average molecular weight is 355 g/mol. The number of aromatic nitrogens is 2. The zero-order valence-corrected chi connectivity index (χ0v) is 14.4. The number of hydrogen-bond acceptors (Lipinski definition) is 6. The van der Waals surface area contributed by atoms with Gasteiger partial charge in [0.05, 0.1) is 0 Å². The minimum atomic E-state index is -0.733. The van der Waals surface area contributed by atoms with Gasteiger partial charge < -0.3 is 15.4 Å². The molecule has 1 aliphatic rings. The molecule has 0 bridgehead atoms. The lowest BCUT2D eigenvalue weighted by Crippen LogP contribution is -2.51. The van der Waals surface area contributed by atoms with E-state index in [0.717, 1.165) is 30.0 Å². The van der Waals surface area contributed by atoms with Crippen LogP contribution in [0.2, 0.25) is 0 Å². The summed E-state index contributed by atoms with van der Waals surface area (Å²) in [6, 6.07) is 7.59. The van der Waals surface area contributed by atoms with Gasteiger partial charge in [-0.3, -0.25) is 4.79 Å². The number of carbonyl (C=O) groups is 1. The van der Waals surface area contributed by atoms with Crippen molar-refractivity contribution >= 4 is 35.5 Å². The third kappa shape index (κ3) is 3.87. The van der Waals surface area contributed by atoms with E-state index in [1.165, 1.54) is 11.5 Å². The molecule has 0 saturated carbocycles. The molecule has 124 valence electrons. The topological polar surface area (TPSA) is 76.1 Å². The Hall–Kier alpha value is -1.54. The molecule has 6 nitrogen and oxygen atoms in total. The quantitative estimate of drug-likeness (QED) is 0.881. The molecule has 1 aromatic heterocycles. The fourth-order valence-corrected chi connectivity index (χ4v) is 3.08. The van der Waals surface area contributed by atoms with E-state index in [0.29, 0.717) is 12.8 Å². The predicted octanol–water partition coefficient (Wildman–Crippen LogP) is 2.33. The monoisotopic (exact) mass is 354 g/mol. The van der Waals surface area contributed by atoms with Gasteiger partial charge in [-0.05, 0) is 49.6 Å². The van der Waals surface area contributed by atoms with Crippen molar-refractivity contribution in [2.24, 2.45) is 0 Å². The zero-order valence-electron chi connectivity index (χ0n) is 12.7.